The van der Waals surface area contributed by atoms with Gasteiger partial charge in [0.2, 0.25) is 0 Å². The van der Waals surface area contributed by atoms with E-state index in [2.05, 4.69) is 20.5 Å². The van der Waals surface area contributed by atoms with E-state index in [1.165, 1.54) is 0 Å². The molecule has 0 amide bonds. The Hall–Kier alpha value is -2.59. The average molecular weight is 388 g/mol. The lowest BCUT2D eigenvalue weighted by Crippen LogP contribution is -2.48. The lowest BCUT2D eigenvalue weighted by Gasteiger charge is -2.35. The van der Waals surface area contributed by atoms with Gasteiger partial charge in [-0.15, -0.1) is 5.10 Å². The average Bonchev–Trinajstić information content (AvgIpc) is 3.07. The third-order valence-electron chi connectivity index (χ3n) is 3.73. The smallest absolute Gasteiger partial charge is 0.323 e. The fraction of sp³-hybridized carbons (Fsp3) is 0.200. The zero-order valence-electron chi connectivity index (χ0n) is 12.8. The van der Waals surface area contributed by atoms with Gasteiger partial charge >= 0.3 is 5.92 Å². The van der Waals surface area contributed by atoms with E-state index < -0.39 is 41.0 Å². The van der Waals surface area contributed by atoms with E-state index in [0.717, 1.165) is 41.5 Å². The molecular weight excluding hydrogens is 378 g/mol. The Kier molecular flexibility index (Phi) is 4.63. The molecule has 6 nitrogen and oxygen atoms in total. The lowest BCUT2D eigenvalue weighted by molar-refractivity contribution is -0.207. The summed E-state index contributed by atoms with van der Waals surface area (Å²) >= 11 is 5.65. The maximum atomic E-state index is 15.2. The fourth-order valence-electron chi connectivity index (χ4n) is 2.44. The van der Waals surface area contributed by atoms with Crippen molar-refractivity contribution in [2.24, 2.45) is 0 Å². The van der Waals surface area contributed by atoms with E-state index >= 15 is 8.78 Å². The highest BCUT2D eigenvalue weighted by molar-refractivity contribution is 6.30. The molecule has 26 heavy (non-hydrogen) atoms. The largest absolute Gasteiger partial charge is 0.377 e. The lowest BCUT2D eigenvalue weighted by atomic mass is 9.84. The Labute approximate surface area is 149 Å². The number of rotatable bonds is 5. The second kappa shape index (κ2) is 6.61. The molecule has 0 saturated heterocycles. The standard InChI is InChI=1S/C15H10ClF4N5O/c16-9-1-4-13(21-6-9)15(19,20)14(26,7-25-8-22-23-24-25)11-3-2-10(17)5-12(11)18/h1-6,8,26H,7H2. The molecule has 0 saturated carbocycles. The number of hydrogen-bond acceptors (Lipinski definition) is 5. The summed E-state index contributed by atoms with van der Waals surface area (Å²) in [7, 11) is 0. The summed E-state index contributed by atoms with van der Waals surface area (Å²) in [5, 5.41) is 21.0. The van der Waals surface area contributed by atoms with E-state index in [9.17, 15) is 13.9 Å². The number of pyridine rings is 1. The van der Waals surface area contributed by atoms with Crippen molar-refractivity contribution in [2.45, 2.75) is 18.1 Å². The predicted molar refractivity (Wildman–Crippen MR) is 81.2 cm³/mol. The quantitative estimate of drug-likeness (QED) is 0.681. The Morgan fingerprint density at radius 2 is 1.92 bits per heavy atom. The van der Waals surface area contributed by atoms with Gasteiger partial charge in [-0.25, -0.2) is 13.5 Å². The van der Waals surface area contributed by atoms with Crippen LogP contribution in [0.15, 0.2) is 42.9 Å². The molecule has 0 aliphatic heterocycles. The van der Waals surface area contributed by atoms with Crippen LogP contribution in [0.2, 0.25) is 5.02 Å². The second-order valence-corrected chi connectivity index (χ2v) is 5.86. The molecular formula is C15H10ClF4N5O. The van der Waals surface area contributed by atoms with Gasteiger partial charge in [-0.05, 0) is 34.7 Å². The van der Waals surface area contributed by atoms with Gasteiger partial charge in [0.05, 0.1) is 11.6 Å². The van der Waals surface area contributed by atoms with Crippen LogP contribution in [-0.2, 0) is 18.1 Å². The topological polar surface area (TPSA) is 76.7 Å². The Balaban J connectivity index is 2.17. The Morgan fingerprint density at radius 1 is 1.15 bits per heavy atom. The molecule has 1 aromatic carbocycles. The number of benzene rings is 1. The SMILES string of the molecule is OC(Cn1cnnn1)(c1ccc(F)cc1F)C(F)(F)c1ccc(Cl)cn1. The van der Waals surface area contributed by atoms with Crippen molar-refractivity contribution in [3.05, 3.63) is 70.8 Å². The number of tetrazole rings is 1. The number of nitrogens with zero attached hydrogens (tertiary/aromatic N) is 5. The van der Waals surface area contributed by atoms with E-state index in [4.69, 9.17) is 11.6 Å². The van der Waals surface area contributed by atoms with Crippen LogP contribution < -0.4 is 0 Å². The van der Waals surface area contributed by atoms with Gasteiger partial charge in [-0.3, -0.25) is 4.98 Å². The molecule has 1 N–H and O–H groups in total. The Bertz CT molecular complexity index is 907. The molecule has 0 radical (unpaired) electrons. The molecule has 2 aromatic heterocycles. The highest BCUT2D eigenvalue weighted by Gasteiger charge is 2.57. The van der Waals surface area contributed by atoms with E-state index in [1.54, 1.807) is 0 Å². The van der Waals surface area contributed by atoms with Crippen LogP contribution in [-0.4, -0.2) is 30.3 Å². The summed E-state index contributed by atoms with van der Waals surface area (Å²) in [5.74, 6) is -6.43. The zero-order chi connectivity index (χ0) is 18.9. The van der Waals surface area contributed by atoms with Gasteiger partial charge in [0.1, 0.15) is 23.7 Å². The van der Waals surface area contributed by atoms with Crippen LogP contribution in [0.5, 0.6) is 0 Å². The highest BCUT2D eigenvalue weighted by atomic mass is 35.5. The van der Waals surface area contributed by atoms with Crippen molar-refractivity contribution >= 4 is 11.6 Å². The van der Waals surface area contributed by atoms with Crippen LogP contribution in [0.3, 0.4) is 0 Å². The summed E-state index contributed by atoms with van der Waals surface area (Å²) in [5.41, 5.74) is -4.86. The first-order valence-corrected chi connectivity index (χ1v) is 7.50. The molecule has 0 fully saturated rings. The van der Waals surface area contributed by atoms with Gasteiger partial charge in [-0.2, -0.15) is 8.78 Å². The van der Waals surface area contributed by atoms with Crippen molar-refractivity contribution < 1.29 is 22.7 Å². The molecule has 1 atom stereocenters. The monoisotopic (exact) mass is 387 g/mol. The minimum absolute atomic E-state index is 0.0986. The summed E-state index contributed by atoms with van der Waals surface area (Å²) in [6.07, 6.45) is 1.93. The number of aromatic nitrogens is 5. The van der Waals surface area contributed by atoms with Gasteiger partial charge in [0.25, 0.3) is 0 Å². The summed E-state index contributed by atoms with van der Waals surface area (Å²) < 4.78 is 58.6. The molecule has 3 aromatic rings. The fourth-order valence-corrected chi connectivity index (χ4v) is 2.55. The summed E-state index contributed by atoms with van der Waals surface area (Å²) in [4.78, 5) is 3.52. The van der Waals surface area contributed by atoms with Crippen LogP contribution in [0.1, 0.15) is 11.3 Å². The minimum Gasteiger partial charge on any atom is -0.377 e. The first kappa shape index (κ1) is 18.2. The van der Waals surface area contributed by atoms with Crippen LogP contribution in [0, 0.1) is 11.6 Å². The van der Waals surface area contributed by atoms with Crippen LogP contribution >= 0.6 is 11.6 Å². The second-order valence-electron chi connectivity index (χ2n) is 5.43. The normalized spacial score (nSPS) is 14.2. The number of aliphatic hydroxyl groups is 1. The molecule has 0 spiro atoms. The molecule has 0 bridgehead atoms. The molecule has 11 heteroatoms. The van der Waals surface area contributed by atoms with Crippen molar-refractivity contribution in [2.75, 3.05) is 0 Å². The number of hydrogen-bond donors (Lipinski definition) is 1. The maximum absolute atomic E-state index is 15.2. The van der Waals surface area contributed by atoms with Gasteiger partial charge in [0, 0.05) is 17.8 Å². The van der Waals surface area contributed by atoms with Gasteiger partial charge < -0.3 is 5.11 Å². The van der Waals surface area contributed by atoms with E-state index in [1.807, 2.05) is 0 Å². The molecule has 3 rings (SSSR count). The van der Waals surface area contributed by atoms with Crippen molar-refractivity contribution in [1.82, 2.24) is 25.2 Å². The molecule has 2 heterocycles. The minimum atomic E-state index is -4.10. The van der Waals surface area contributed by atoms with Crippen molar-refractivity contribution in [3.63, 3.8) is 0 Å². The number of halogens is 5. The Morgan fingerprint density at radius 3 is 2.50 bits per heavy atom. The predicted octanol–water partition coefficient (Wildman–Crippen LogP) is 2.68. The third kappa shape index (κ3) is 3.13. The molecule has 0 aliphatic rings. The highest BCUT2D eigenvalue weighted by Crippen LogP contribution is 2.46. The van der Waals surface area contributed by atoms with Crippen molar-refractivity contribution in [1.29, 1.82) is 0 Å². The molecule has 136 valence electrons. The molecule has 1 unspecified atom stereocenters. The van der Waals surface area contributed by atoms with E-state index in [0.29, 0.717) is 6.07 Å². The first-order chi connectivity index (χ1) is 12.2. The summed E-state index contributed by atoms with van der Waals surface area (Å²) in [6.45, 7) is -0.917. The first-order valence-electron chi connectivity index (χ1n) is 7.12. The van der Waals surface area contributed by atoms with E-state index in [-0.39, 0.29) is 5.02 Å². The zero-order valence-corrected chi connectivity index (χ0v) is 13.6. The number of alkyl halides is 2. The van der Waals surface area contributed by atoms with Crippen LogP contribution in [0.25, 0.3) is 0 Å². The van der Waals surface area contributed by atoms with Crippen LogP contribution in [0.4, 0.5) is 17.6 Å². The molecule has 0 aliphatic carbocycles. The third-order valence-corrected chi connectivity index (χ3v) is 3.95. The van der Waals surface area contributed by atoms with Gasteiger partial charge in [0.15, 0.2) is 5.60 Å². The summed E-state index contributed by atoms with van der Waals surface area (Å²) in [6, 6.07) is 3.93. The maximum Gasteiger partial charge on any atom is 0.323 e. The van der Waals surface area contributed by atoms with Gasteiger partial charge in [-0.1, -0.05) is 11.6 Å². The van der Waals surface area contributed by atoms with Crippen molar-refractivity contribution in [3.8, 4) is 0 Å².